The molecule has 3 aromatic rings. The van der Waals surface area contributed by atoms with Gasteiger partial charge in [0.25, 0.3) is 0 Å². The number of benzene rings is 1. The summed E-state index contributed by atoms with van der Waals surface area (Å²) in [4.78, 5) is 16.6. The van der Waals surface area contributed by atoms with Gasteiger partial charge < -0.3 is 14.7 Å². The fourth-order valence-corrected chi connectivity index (χ4v) is 4.48. The fourth-order valence-electron chi connectivity index (χ4n) is 3.18. The Hall–Kier alpha value is -2.43. The zero-order valence-electron chi connectivity index (χ0n) is 14.1. The Kier molecular flexibility index (Phi) is 4.17. The topological polar surface area (TPSA) is 122 Å². The first kappa shape index (κ1) is 17.0. The molecule has 2 aromatic heterocycles. The van der Waals surface area contributed by atoms with E-state index in [0.717, 1.165) is 12.1 Å². The summed E-state index contributed by atoms with van der Waals surface area (Å²) < 4.78 is 35.8. The molecule has 1 aliphatic heterocycles. The van der Waals surface area contributed by atoms with Crippen LogP contribution in [-0.4, -0.2) is 40.8 Å². The number of ether oxygens (including phenoxy) is 1. The number of hydrogen-bond acceptors (Lipinski definition) is 5. The maximum Gasteiger partial charge on any atom is 0.323 e. The van der Waals surface area contributed by atoms with Crippen LogP contribution < -0.4 is 10.4 Å². The molecule has 1 aromatic carbocycles. The lowest BCUT2D eigenvalue weighted by molar-refractivity contribution is 0.102. The third-order valence-corrected chi connectivity index (χ3v) is 5.99. The van der Waals surface area contributed by atoms with Gasteiger partial charge in [-0.15, -0.1) is 0 Å². The molecule has 0 saturated carbocycles. The van der Waals surface area contributed by atoms with Gasteiger partial charge in [0.15, 0.2) is 0 Å². The lowest BCUT2D eigenvalue weighted by atomic mass is 10.1. The minimum Gasteiger partial charge on any atom is -0.372 e. The molecule has 138 valence electrons. The monoisotopic (exact) mass is 377 g/mol. The Labute approximate surface area is 149 Å². The predicted molar refractivity (Wildman–Crippen MR) is 94.2 cm³/mol. The molecule has 1 aliphatic rings. The molecular weight excluding hydrogens is 358 g/mol. The number of aromatic amines is 2. The molecule has 3 N–H and O–H groups in total. The Bertz CT molecular complexity index is 1100. The normalized spacial score (nSPS) is 20.8. The van der Waals surface area contributed by atoms with E-state index in [1.165, 1.54) is 12.1 Å². The van der Waals surface area contributed by atoms with Crippen molar-refractivity contribution in [3.05, 3.63) is 46.6 Å². The van der Waals surface area contributed by atoms with Crippen LogP contribution in [0.1, 0.15) is 25.0 Å². The number of H-pyrrole nitrogens is 2. The van der Waals surface area contributed by atoms with Gasteiger partial charge in [-0.25, -0.2) is 17.9 Å². The summed E-state index contributed by atoms with van der Waals surface area (Å²) in [5.74, 6) is 0. The molecule has 4 rings (SSSR count). The minimum absolute atomic E-state index is 0.0927. The van der Waals surface area contributed by atoms with E-state index in [9.17, 15) is 13.2 Å². The summed E-state index contributed by atoms with van der Waals surface area (Å²) in [5.41, 5.74) is 1.48. The van der Waals surface area contributed by atoms with Crippen molar-refractivity contribution in [1.82, 2.24) is 24.5 Å². The summed E-state index contributed by atoms with van der Waals surface area (Å²) in [6.07, 6.45) is 3.77. The van der Waals surface area contributed by atoms with Crippen LogP contribution in [0.15, 0.2) is 40.3 Å². The molecule has 26 heavy (non-hydrogen) atoms. The number of rotatable bonds is 5. The van der Waals surface area contributed by atoms with E-state index >= 15 is 0 Å². The van der Waals surface area contributed by atoms with Crippen molar-refractivity contribution >= 4 is 21.1 Å². The van der Waals surface area contributed by atoms with E-state index in [0.29, 0.717) is 24.1 Å². The number of fused-ring (bicyclic) bond motifs is 1. The Morgan fingerprint density at radius 2 is 2.15 bits per heavy atom. The Morgan fingerprint density at radius 3 is 2.92 bits per heavy atom. The number of nitrogens with one attached hydrogen (secondary N) is 3. The highest BCUT2D eigenvalue weighted by Gasteiger charge is 2.34. The van der Waals surface area contributed by atoms with Crippen molar-refractivity contribution in [2.24, 2.45) is 0 Å². The molecular formula is C16H19N5O4S. The average Bonchev–Trinajstić information content (AvgIpc) is 3.31. The van der Waals surface area contributed by atoms with Gasteiger partial charge in [-0.05, 0) is 31.5 Å². The van der Waals surface area contributed by atoms with Crippen LogP contribution >= 0.6 is 0 Å². The number of aryl methyl sites for hydroxylation is 1. The van der Waals surface area contributed by atoms with Crippen molar-refractivity contribution in [2.75, 3.05) is 6.61 Å². The quantitative estimate of drug-likeness (QED) is 0.609. The van der Waals surface area contributed by atoms with E-state index in [1.54, 1.807) is 16.9 Å². The number of hydrogen-bond donors (Lipinski definition) is 3. The lowest BCUT2D eigenvalue weighted by Crippen LogP contribution is -2.36. The van der Waals surface area contributed by atoms with E-state index in [4.69, 9.17) is 4.74 Å². The molecule has 10 heteroatoms. The van der Waals surface area contributed by atoms with Gasteiger partial charge in [-0.3, -0.25) is 4.68 Å². The maximum atomic E-state index is 12.8. The standard InChI is InChI=1S/C16H19N5O4S/c1-2-21-9-10(8-17-21)15-13(5-6-25-15)20-26(23,24)11-3-4-12-14(7-11)19-16(22)18-12/h3-4,7-9,13,15,20H,2,5-6H2,1H3,(H2,18,19,22)/t13-,15+/m0/s1. The Morgan fingerprint density at radius 1 is 1.35 bits per heavy atom. The summed E-state index contributed by atoms with van der Waals surface area (Å²) >= 11 is 0. The average molecular weight is 377 g/mol. The molecule has 0 amide bonds. The predicted octanol–water partition coefficient (Wildman–Crippen LogP) is 0.881. The van der Waals surface area contributed by atoms with Crippen molar-refractivity contribution in [2.45, 2.75) is 36.9 Å². The highest BCUT2D eigenvalue weighted by molar-refractivity contribution is 7.89. The third-order valence-electron chi connectivity index (χ3n) is 4.50. The zero-order chi connectivity index (χ0) is 18.3. The number of nitrogens with zero attached hydrogens (tertiary/aromatic N) is 2. The van der Waals surface area contributed by atoms with Crippen LogP contribution in [0.3, 0.4) is 0 Å². The number of aromatic nitrogens is 4. The minimum atomic E-state index is -3.76. The maximum absolute atomic E-state index is 12.8. The largest absolute Gasteiger partial charge is 0.372 e. The SMILES string of the molecule is CCn1cc([C@H]2OCC[C@@H]2NS(=O)(=O)c2ccc3[nH]c(=O)[nH]c3c2)cn1. The second kappa shape index (κ2) is 6.38. The molecule has 2 atom stereocenters. The van der Waals surface area contributed by atoms with Crippen molar-refractivity contribution in [3.8, 4) is 0 Å². The molecule has 0 aliphatic carbocycles. The summed E-state index contributed by atoms with van der Waals surface area (Å²) in [5, 5.41) is 4.23. The fraction of sp³-hybridized carbons (Fsp3) is 0.375. The second-order valence-corrected chi connectivity index (χ2v) is 7.94. The van der Waals surface area contributed by atoms with Gasteiger partial charge in [0.05, 0.1) is 28.2 Å². The van der Waals surface area contributed by atoms with Crippen LogP contribution in [0.2, 0.25) is 0 Å². The van der Waals surface area contributed by atoms with Crippen LogP contribution in [0.4, 0.5) is 0 Å². The summed E-state index contributed by atoms with van der Waals surface area (Å²) in [6.45, 7) is 3.19. The molecule has 1 fully saturated rings. The number of sulfonamides is 1. The van der Waals surface area contributed by atoms with Crippen molar-refractivity contribution < 1.29 is 13.2 Å². The molecule has 0 radical (unpaired) electrons. The summed E-state index contributed by atoms with van der Waals surface area (Å²) in [7, 11) is -3.76. The van der Waals surface area contributed by atoms with Crippen LogP contribution in [0.5, 0.6) is 0 Å². The van der Waals surface area contributed by atoms with Crippen LogP contribution in [-0.2, 0) is 21.3 Å². The molecule has 0 unspecified atom stereocenters. The van der Waals surface area contributed by atoms with E-state index in [-0.39, 0.29) is 22.7 Å². The third kappa shape index (κ3) is 3.06. The second-order valence-electron chi connectivity index (χ2n) is 6.22. The van der Waals surface area contributed by atoms with Gasteiger partial charge in [-0.1, -0.05) is 0 Å². The number of imidazole rings is 1. The first-order valence-corrected chi connectivity index (χ1v) is 9.83. The summed E-state index contributed by atoms with van der Waals surface area (Å²) in [6, 6.07) is 4.09. The molecule has 0 spiro atoms. The first-order valence-electron chi connectivity index (χ1n) is 8.34. The van der Waals surface area contributed by atoms with Crippen LogP contribution in [0.25, 0.3) is 11.0 Å². The molecule has 3 heterocycles. The van der Waals surface area contributed by atoms with Crippen LogP contribution in [0, 0.1) is 0 Å². The molecule has 1 saturated heterocycles. The Balaban J connectivity index is 1.60. The van der Waals surface area contributed by atoms with E-state index in [1.807, 2.05) is 13.1 Å². The van der Waals surface area contributed by atoms with E-state index < -0.39 is 10.0 Å². The highest BCUT2D eigenvalue weighted by atomic mass is 32.2. The smallest absolute Gasteiger partial charge is 0.323 e. The highest BCUT2D eigenvalue weighted by Crippen LogP contribution is 2.30. The van der Waals surface area contributed by atoms with Gasteiger partial charge in [0.2, 0.25) is 10.0 Å². The van der Waals surface area contributed by atoms with Gasteiger partial charge in [-0.2, -0.15) is 5.10 Å². The first-order chi connectivity index (χ1) is 12.5. The van der Waals surface area contributed by atoms with Crippen molar-refractivity contribution in [1.29, 1.82) is 0 Å². The zero-order valence-corrected chi connectivity index (χ0v) is 14.9. The van der Waals surface area contributed by atoms with E-state index in [2.05, 4.69) is 19.8 Å². The molecule has 0 bridgehead atoms. The van der Waals surface area contributed by atoms with Crippen molar-refractivity contribution in [3.63, 3.8) is 0 Å². The van der Waals surface area contributed by atoms with Gasteiger partial charge in [0, 0.05) is 24.9 Å². The molecule has 9 nitrogen and oxygen atoms in total. The lowest BCUT2D eigenvalue weighted by Gasteiger charge is -2.19. The van der Waals surface area contributed by atoms with Gasteiger partial charge >= 0.3 is 5.69 Å². The van der Waals surface area contributed by atoms with Gasteiger partial charge in [0.1, 0.15) is 6.10 Å².